The Morgan fingerprint density at radius 2 is 1.97 bits per heavy atom. The number of halogens is 4. The van der Waals surface area contributed by atoms with Gasteiger partial charge in [-0.15, -0.1) is 0 Å². The molecule has 174 valence electrons. The van der Waals surface area contributed by atoms with E-state index >= 15 is 0 Å². The number of hydrogen-bond acceptors (Lipinski definition) is 4. The Hall–Kier alpha value is -3.24. The largest absolute Gasteiger partial charge is 0.317 e. The first-order valence-corrected chi connectivity index (χ1v) is 10.5. The molecule has 2 aromatic carbocycles. The number of piperidine rings is 1. The summed E-state index contributed by atoms with van der Waals surface area (Å²) in [7, 11) is 0. The molecule has 0 aliphatic carbocycles. The highest BCUT2D eigenvalue weighted by atomic mass is 19.2. The third-order valence-corrected chi connectivity index (χ3v) is 5.88. The van der Waals surface area contributed by atoms with Gasteiger partial charge in [0.25, 0.3) is 5.91 Å². The summed E-state index contributed by atoms with van der Waals surface area (Å²) in [6.07, 6.45) is 3.96. The number of nitrogens with zero attached hydrogens (tertiary/aromatic N) is 3. The van der Waals surface area contributed by atoms with E-state index in [1.54, 1.807) is 24.3 Å². The zero-order valence-corrected chi connectivity index (χ0v) is 17.8. The summed E-state index contributed by atoms with van der Waals surface area (Å²) < 4.78 is 59.2. The molecule has 4 rings (SSSR count). The van der Waals surface area contributed by atoms with Gasteiger partial charge in [-0.25, -0.2) is 28.0 Å². The maximum atomic E-state index is 15.0. The van der Waals surface area contributed by atoms with Gasteiger partial charge in [0.05, 0.1) is 0 Å². The van der Waals surface area contributed by atoms with Gasteiger partial charge in [-0.2, -0.15) is 0 Å². The summed E-state index contributed by atoms with van der Waals surface area (Å²) in [5.41, 5.74) is 1.50. The van der Waals surface area contributed by atoms with Crippen LogP contribution in [0.25, 0.3) is 28.5 Å². The van der Waals surface area contributed by atoms with Crippen LogP contribution in [0.2, 0.25) is 0 Å². The van der Waals surface area contributed by atoms with Gasteiger partial charge in [0.1, 0.15) is 16.9 Å². The maximum absolute atomic E-state index is 15.0. The molecule has 1 aliphatic heterocycles. The molecule has 6 nitrogen and oxygen atoms in total. The van der Waals surface area contributed by atoms with Crippen LogP contribution in [0.5, 0.6) is 0 Å². The van der Waals surface area contributed by atoms with Gasteiger partial charge in [-0.1, -0.05) is 25.1 Å². The topological polar surface area (TPSA) is 70.4 Å². The molecular formula is C23H22F4N4O2. The Labute approximate surface area is 187 Å². The molecule has 1 aromatic heterocycles. The van der Waals surface area contributed by atoms with E-state index in [-0.39, 0.29) is 11.9 Å². The van der Waals surface area contributed by atoms with E-state index in [4.69, 9.17) is 5.21 Å². The lowest BCUT2D eigenvalue weighted by atomic mass is 10.0. The lowest BCUT2D eigenvalue weighted by Gasteiger charge is -2.33. The number of likely N-dealkylation sites (N-methyl/N-ethyl adjacent to an activating group) is 1. The van der Waals surface area contributed by atoms with E-state index < -0.39 is 40.2 Å². The normalized spacial score (nSPS) is 17.2. The highest BCUT2D eigenvalue weighted by Gasteiger charge is 2.31. The number of benzene rings is 2. The molecule has 0 bridgehead atoms. The summed E-state index contributed by atoms with van der Waals surface area (Å²) in [6, 6.07) is 6.28. The van der Waals surface area contributed by atoms with Crippen LogP contribution in [0, 0.1) is 23.3 Å². The number of nitrogens with one attached hydrogen (secondary N) is 1. The number of amides is 1. The molecule has 1 atom stereocenters. The highest BCUT2D eigenvalue weighted by molar-refractivity contribution is 5.91. The number of rotatable bonds is 5. The van der Waals surface area contributed by atoms with Gasteiger partial charge in [0.15, 0.2) is 23.3 Å². The van der Waals surface area contributed by atoms with Crippen molar-refractivity contribution in [1.29, 1.82) is 0 Å². The predicted molar refractivity (Wildman–Crippen MR) is 114 cm³/mol. The Morgan fingerprint density at radius 3 is 2.70 bits per heavy atom. The van der Waals surface area contributed by atoms with Crippen LogP contribution >= 0.6 is 0 Å². The summed E-state index contributed by atoms with van der Waals surface area (Å²) in [5.74, 6) is -7.36. The van der Waals surface area contributed by atoms with Crippen LogP contribution in [0.1, 0.15) is 31.4 Å². The van der Waals surface area contributed by atoms with Crippen molar-refractivity contribution < 1.29 is 27.6 Å². The average molecular weight is 462 g/mol. The highest BCUT2D eigenvalue weighted by Crippen LogP contribution is 2.36. The molecule has 0 unspecified atom stereocenters. The first kappa shape index (κ1) is 22.9. The van der Waals surface area contributed by atoms with E-state index in [0.29, 0.717) is 24.1 Å². The zero-order chi connectivity index (χ0) is 23.7. The fourth-order valence-electron chi connectivity index (χ4n) is 4.27. The average Bonchev–Trinajstić information content (AvgIpc) is 3.26. The minimum atomic E-state index is -1.90. The lowest BCUT2D eigenvalue weighted by Crippen LogP contribution is -2.36. The molecule has 1 fully saturated rings. The van der Waals surface area contributed by atoms with Gasteiger partial charge < -0.3 is 9.47 Å². The van der Waals surface area contributed by atoms with Crippen molar-refractivity contribution in [3.63, 3.8) is 0 Å². The molecule has 2 heterocycles. The zero-order valence-electron chi connectivity index (χ0n) is 17.8. The van der Waals surface area contributed by atoms with Crippen molar-refractivity contribution in [2.75, 3.05) is 19.6 Å². The molecule has 1 amide bonds. The van der Waals surface area contributed by atoms with E-state index in [1.165, 1.54) is 16.1 Å². The monoisotopic (exact) mass is 462 g/mol. The number of aromatic nitrogens is 2. The predicted octanol–water partition coefficient (Wildman–Crippen LogP) is 4.44. The van der Waals surface area contributed by atoms with Gasteiger partial charge in [-0.3, -0.25) is 10.0 Å². The van der Waals surface area contributed by atoms with Gasteiger partial charge in [0.2, 0.25) is 0 Å². The summed E-state index contributed by atoms with van der Waals surface area (Å²) >= 11 is 0. The standard InChI is InChI=1S/C23H22F4N4O2/c1-2-30-10-4-7-15(12-30)31-22-20(27)18(25)17(24)19(26)21(22)28-23(31)14-6-3-5-13(11-14)8-9-16(32)29-33/h3,5-6,8-9,11,15,33H,2,4,7,10,12H2,1H3,(H,29,32)/b9-8+/t15-/m1/s1. The van der Waals surface area contributed by atoms with Crippen molar-refractivity contribution >= 4 is 23.0 Å². The molecule has 1 saturated heterocycles. The Balaban J connectivity index is 1.93. The van der Waals surface area contributed by atoms with Crippen molar-refractivity contribution in [2.24, 2.45) is 0 Å². The van der Waals surface area contributed by atoms with E-state index in [1.807, 2.05) is 6.92 Å². The van der Waals surface area contributed by atoms with Crippen LogP contribution in [-0.2, 0) is 4.79 Å². The van der Waals surface area contributed by atoms with Gasteiger partial charge >= 0.3 is 0 Å². The van der Waals surface area contributed by atoms with Crippen molar-refractivity contribution in [2.45, 2.75) is 25.8 Å². The summed E-state index contributed by atoms with van der Waals surface area (Å²) in [4.78, 5) is 17.6. The fourth-order valence-corrected chi connectivity index (χ4v) is 4.27. The van der Waals surface area contributed by atoms with Crippen LogP contribution in [0.15, 0.2) is 30.3 Å². The second-order valence-corrected chi connectivity index (χ2v) is 7.88. The second kappa shape index (κ2) is 9.32. The molecule has 0 saturated carbocycles. The molecule has 10 heteroatoms. The fraction of sp³-hybridized carbons (Fsp3) is 0.304. The molecule has 1 aliphatic rings. The maximum Gasteiger partial charge on any atom is 0.267 e. The molecule has 3 aromatic rings. The van der Waals surface area contributed by atoms with Crippen LogP contribution in [0.3, 0.4) is 0 Å². The van der Waals surface area contributed by atoms with Crippen molar-refractivity contribution in [1.82, 2.24) is 19.9 Å². The lowest BCUT2D eigenvalue weighted by molar-refractivity contribution is -0.124. The quantitative estimate of drug-likeness (QED) is 0.147. The Bertz CT molecular complexity index is 1240. The number of carbonyl (C=O) groups is 1. The number of imidazole rings is 1. The summed E-state index contributed by atoms with van der Waals surface area (Å²) in [5, 5.41) is 8.64. The van der Waals surface area contributed by atoms with E-state index in [9.17, 15) is 22.4 Å². The third kappa shape index (κ3) is 4.23. The Morgan fingerprint density at radius 1 is 1.21 bits per heavy atom. The van der Waals surface area contributed by atoms with E-state index in [0.717, 1.165) is 25.6 Å². The van der Waals surface area contributed by atoms with Gasteiger partial charge in [-0.05, 0) is 43.6 Å². The van der Waals surface area contributed by atoms with Gasteiger partial charge in [0, 0.05) is 24.2 Å². The van der Waals surface area contributed by atoms with Crippen molar-refractivity contribution in [3.8, 4) is 11.4 Å². The minimum Gasteiger partial charge on any atom is -0.317 e. The molecule has 2 N–H and O–H groups in total. The Kier molecular flexibility index (Phi) is 6.48. The minimum absolute atomic E-state index is 0.164. The molecule has 33 heavy (non-hydrogen) atoms. The number of likely N-dealkylation sites (tertiary alicyclic amines) is 1. The SMILES string of the molecule is CCN1CCC[C@@H](n2c(-c3cccc(/C=C/C(=O)NO)c3)nc3c(F)c(F)c(F)c(F)c32)C1. The van der Waals surface area contributed by atoms with E-state index in [2.05, 4.69) is 9.88 Å². The molecular weight excluding hydrogens is 440 g/mol. The number of hydrogen-bond donors (Lipinski definition) is 2. The molecule has 0 radical (unpaired) electrons. The number of hydroxylamine groups is 1. The second-order valence-electron chi connectivity index (χ2n) is 7.88. The third-order valence-electron chi connectivity index (χ3n) is 5.88. The number of fused-ring (bicyclic) bond motifs is 1. The molecule has 0 spiro atoms. The first-order chi connectivity index (χ1) is 15.8. The first-order valence-electron chi connectivity index (χ1n) is 10.5. The summed E-state index contributed by atoms with van der Waals surface area (Å²) in [6.45, 7) is 4.11. The van der Waals surface area contributed by atoms with Crippen LogP contribution < -0.4 is 5.48 Å². The number of carbonyl (C=O) groups excluding carboxylic acids is 1. The smallest absolute Gasteiger partial charge is 0.267 e. The van der Waals surface area contributed by atoms with Crippen molar-refractivity contribution in [3.05, 3.63) is 59.2 Å². The van der Waals surface area contributed by atoms with Crippen LogP contribution in [0.4, 0.5) is 17.6 Å². The van der Waals surface area contributed by atoms with Crippen LogP contribution in [-0.4, -0.2) is 45.2 Å².